The molecule has 1 heterocycles. The maximum absolute atomic E-state index is 12.5. The first kappa shape index (κ1) is 15.5. The van der Waals surface area contributed by atoms with Crippen molar-refractivity contribution in [2.75, 3.05) is 5.32 Å². The number of ether oxygens (including phenoxy) is 1. The van der Waals surface area contributed by atoms with E-state index in [9.17, 15) is 9.59 Å². The van der Waals surface area contributed by atoms with Gasteiger partial charge in [-0.15, -0.1) is 11.3 Å². The van der Waals surface area contributed by atoms with Crippen LogP contribution in [0.3, 0.4) is 0 Å². The number of rotatable bonds is 4. The van der Waals surface area contributed by atoms with Crippen LogP contribution in [-0.4, -0.2) is 18.0 Å². The van der Waals surface area contributed by atoms with E-state index in [1.54, 1.807) is 11.3 Å². The molecule has 1 fully saturated rings. The molecule has 0 bridgehead atoms. The number of amides is 1. The van der Waals surface area contributed by atoms with Crippen molar-refractivity contribution in [3.63, 3.8) is 0 Å². The van der Waals surface area contributed by atoms with Crippen LogP contribution < -0.4 is 5.32 Å². The smallest absolute Gasteiger partial charge is 0.341 e. The average molecular weight is 321 g/mol. The standard InChI is InChI=1S/C17H23NO3S/c1-9(2)21-17(20)14-12-7-4-10(3)8-13(12)22-16(14)18-15(19)11-5-6-11/h9-11H,4-8H2,1-3H3,(H,18,19)/t10-/m1/s1. The molecule has 0 unspecified atom stereocenters. The van der Waals surface area contributed by atoms with Crippen LogP contribution in [0.5, 0.6) is 0 Å². The van der Waals surface area contributed by atoms with Gasteiger partial charge < -0.3 is 10.1 Å². The Hall–Kier alpha value is -1.36. The van der Waals surface area contributed by atoms with E-state index in [0.717, 1.165) is 37.7 Å². The summed E-state index contributed by atoms with van der Waals surface area (Å²) < 4.78 is 5.40. The number of fused-ring (bicyclic) bond motifs is 1. The van der Waals surface area contributed by atoms with Crippen LogP contribution in [-0.2, 0) is 22.4 Å². The van der Waals surface area contributed by atoms with E-state index in [0.29, 0.717) is 16.5 Å². The second-order valence-electron chi connectivity index (χ2n) is 6.77. The van der Waals surface area contributed by atoms with Gasteiger partial charge in [-0.3, -0.25) is 4.79 Å². The quantitative estimate of drug-likeness (QED) is 0.859. The minimum atomic E-state index is -0.298. The highest BCUT2D eigenvalue weighted by molar-refractivity contribution is 7.17. The fourth-order valence-electron chi connectivity index (χ4n) is 2.89. The van der Waals surface area contributed by atoms with Gasteiger partial charge in [-0.05, 0) is 57.4 Å². The van der Waals surface area contributed by atoms with Crippen molar-refractivity contribution in [3.05, 3.63) is 16.0 Å². The topological polar surface area (TPSA) is 55.4 Å². The van der Waals surface area contributed by atoms with Gasteiger partial charge in [0.1, 0.15) is 5.00 Å². The van der Waals surface area contributed by atoms with Crippen molar-refractivity contribution in [3.8, 4) is 0 Å². The molecule has 2 aliphatic rings. The van der Waals surface area contributed by atoms with Crippen LogP contribution in [0.15, 0.2) is 0 Å². The molecule has 4 nitrogen and oxygen atoms in total. The molecule has 1 N–H and O–H groups in total. The number of hydrogen-bond donors (Lipinski definition) is 1. The Bertz CT molecular complexity index is 601. The third-order valence-corrected chi connectivity index (χ3v) is 5.41. The van der Waals surface area contributed by atoms with Gasteiger partial charge in [0.25, 0.3) is 0 Å². The van der Waals surface area contributed by atoms with Crippen LogP contribution in [0.25, 0.3) is 0 Å². The Kier molecular flexibility index (Phi) is 4.26. The summed E-state index contributed by atoms with van der Waals surface area (Å²) in [4.78, 5) is 25.8. The summed E-state index contributed by atoms with van der Waals surface area (Å²) in [7, 11) is 0. The summed E-state index contributed by atoms with van der Waals surface area (Å²) >= 11 is 1.56. The van der Waals surface area contributed by atoms with Gasteiger partial charge in [0.2, 0.25) is 5.91 Å². The minimum Gasteiger partial charge on any atom is -0.459 e. The lowest BCUT2D eigenvalue weighted by molar-refractivity contribution is -0.117. The lowest BCUT2D eigenvalue weighted by Gasteiger charge is -2.18. The Morgan fingerprint density at radius 3 is 2.64 bits per heavy atom. The average Bonchev–Trinajstić information content (AvgIpc) is 3.20. The first-order valence-corrected chi connectivity index (χ1v) is 8.93. The van der Waals surface area contributed by atoms with E-state index < -0.39 is 0 Å². The van der Waals surface area contributed by atoms with Gasteiger partial charge in [-0.1, -0.05) is 6.92 Å². The maximum atomic E-state index is 12.5. The second kappa shape index (κ2) is 6.03. The summed E-state index contributed by atoms with van der Waals surface area (Å²) in [6, 6.07) is 0. The fourth-order valence-corrected chi connectivity index (χ4v) is 4.29. The molecular weight excluding hydrogens is 298 g/mol. The highest BCUT2D eigenvalue weighted by atomic mass is 32.1. The number of carbonyl (C=O) groups excluding carboxylic acids is 2. The molecule has 0 aromatic carbocycles. The zero-order chi connectivity index (χ0) is 15.9. The van der Waals surface area contributed by atoms with E-state index in [1.165, 1.54) is 4.88 Å². The van der Waals surface area contributed by atoms with E-state index in [4.69, 9.17) is 4.74 Å². The number of carbonyl (C=O) groups is 2. The molecule has 5 heteroatoms. The number of hydrogen-bond acceptors (Lipinski definition) is 4. The molecule has 0 saturated heterocycles. The summed E-state index contributed by atoms with van der Waals surface area (Å²) in [6.45, 7) is 5.93. The number of thiophene rings is 1. The lowest BCUT2D eigenvalue weighted by Crippen LogP contribution is -2.19. The highest BCUT2D eigenvalue weighted by Crippen LogP contribution is 2.41. The SMILES string of the molecule is CC(C)OC(=O)c1c(NC(=O)C2CC2)sc2c1CC[C@@H](C)C2. The second-order valence-corrected chi connectivity index (χ2v) is 7.88. The van der Waals surface area contributed by atoms with Crippen LogP contribution >= 0.6 is 11.3 Å². The van der Waals surface area contributed by atoms with E-state index >= 15 is 0 Å². The highest BCUT2D eigenvalue weighted by Gasteiger charge is 2.33. The zero-order valence-corrected chi connectivity index (χ0v) is 14.2. The summed E-state index contributed by atoms with van der Waals surface area (Å²) in [5.41, 5.74) is 1.70. The third-order valence-electron chi connectivity index (χ3n) is 4.24. The zero-order valence-electron chi connectivity index (χ0n) is 13.4. The third kappa shape index (κ3) is 3.19. The first-order valence-electron chi connectivity index (χ1n) is 8.12. The maximum Gasteiger partial charge on any atom is 0.341 e. The van der Waals surface area contributed by atoms with Gasteiger partial charge in [0.15, 0.2) is 0 Å². The van der Waals surface area contributed by atoms with Crippen LogP contribution in [0.1, 0.15) is 60.8 Å². The van der Waals surface area contributed by atoms with Gasteiger partial charge in [-0.2, -0.15) is 0 Å². The van der Waals surface area contributed by atoms with E-state index in [-0.39, 0.29) is 23.9 Å². The molecule has 2 aliphatic carbocycles. The van der Waals surface area contributed by atoms with Crippen molar-refractivity contribution in [2.45, 2.75) is 59.0 Å². The monoisotopic (exact) mass is 321 g/mol. The molecule has 1 aromatic rings. The molecule has 0 aliphatic heterocycles. The van der Waals surface area contributed by atoms with Crippen molar-refractivity contribution < 1.29 is 14.3 Å². The van der Waals surface area contributed by atoms with E-state index in [2.05, 4.69) is 12.2 Å². The Balaban J connectivity index is 1.92. The van der Waals surface area contributed by atoms with Gasteiger partial charge in [0, 0.05) is 10.8 Å². The molecule has 0 spiro atoms. The first-order chi connectivity index (χ1) is 10.5. The summed E-state index contributed by atoms with van der Waals surface area (Å²) in [5.74, 6) is 0.512. The molecule has 1 amide bonds. The van der Waals surface area contributed by atoms with E-state index in [1.807, 2.05) is 13.8 Å². The van der Waals surface area contributed by atoms with Crippen LogP contribution in [0.2, 0.25) is 0 Å². The van der Waals surface area contributed by atoms with Crippen LogP contribution in [0, 0.1) is 11.8 Å². The summed E-state index contributed by atoms with van der Waals surface area (Å²) in [5, 5.41) is 3.67. The largest absolute Gasteiger partial charge is 0.459 e. The molecule has 0 radical (unpaired) electrons. The Morgan fingerprint density at radius 1 is 1.27 bits per heavy atom. The molecule has 1 aromatic heterocycles. The van der Waals surface area contributed by atoms with Crippen LogP contribution in [0.4, 0.5) is 5.00 Å². The van der Waals surface area contributed by atoms with Crippen molar-refractivity contribution in [2.24, 2.45) is 11.8 Å². The molecule has 22 heavy (non-hydrogen) atoms. The van der Waals surface area contributed by atoms with Crippen molar-refractivity contribution >= 4 is 28.2 Å². The predicted molar refractivity (Wildman–Crippen MR) is 87.4 cm³/mol. The van der Waals surface area contributed by atoms with Crippen molar-refractivity contribution in [1.29, 1.82) is 0 Å². The Morgan fingerprint density at radius 2 is 2.00 bits per heavy atom. The number of nitrogens with one attached hydrogen (secondary N) is 1. The Labute approximate surface area is 135 Å². The number of esters is 1. The normalized spacial score (nSPS) is 20.6. The van der Waals surface area contributed by atoms with Gasteiger partial charge >= 0.3 is 5.97 Å². The van der Waals surface area contributed by atoms with Gasteiger partial charge in [-0.25, -0.2) is 4.79 Å². The predicted octanol–water partition coefficient (Wildman–Crippen LogP) is 3.79. The summed E-state index contributed by atoms with van der Waals surface area (Å²) in [6.07, 6.45) is 4.73. The lowest BCUT2D eigenvalue weighted by atomic mass is 9.88. The number of anilines is 1. The molecule has 1 atom stereocenters. The molecular formula is C17H23NO3S. The molecule has 1 saturated carbocycles. The molecule has 120 valence electrons. The fraction of sp³-hybridized carbons (Fsp3) is 0.647. The minimum absolute atomic E-state index is 0.0465. The molecule has 3 rings (SSSR count). The van der Waals surface area contributed by atoms with Gasteiger partial charge in [0.05, 0.1) is 11.7 Å². The van der Waals surface area contributed by atoms with Crippen molar-refractivity contribution in [1.82, 2.24) is 0 Å².